The summed E-state index contributed by atoms with van der Waals surface area (Å²) in [6.07, 6.45) is 2.39. The lowest BCUT2D eigenvalue weighted by Gasteiger charge is -2.32. The summed E-state index contributed by atoms with van der Waals surface area (Å²) in [6.45, 7) is 0.665. The minimum atomic E-state index is -1.08. The van der Waals surface area contributed by atoms with Gasteiger partial charge in [-0.05, 0) is 19.3 Å². The van der Waals surface area contributed by atoms with Crippen molar-refractivity contribution in [3.8, 4) is 0 Å². The fourth-order valence-corrected chi connectivity index (χ4v) is 1.43. The Kier molecular flexibility index (Phi) is 3.05. The van der Waals surface area contributed by atoms with Gasteiger partial charge in [0.1, 0.15) is 0 Å². The van der Waals surface area contributed by atoms with E-state index in [1.807, 2.05) is 0 Å². The number of carbonyl (C=O) groups is 1. The number of hydrogen-bond donors (Lipinski definition) is 1. The van der Waals surface area contributed by atoms with Gasteiger partial charge in [-0.15, -0.1) is 0 Å². The van der Waals surface area contributed by atoms with E-state index < -0.39 is 11.6 Å². The molecule has 0 aliphatic carbocycles. The Morgan fingerprint density at radius 3 is 2.83 bits per heavy atom. The lowest BCUT2D eigenvalue weighted by Crippen LogP contribution is -2.48. The van der Waals surface area contributed by atoms with Crippen molar-refractivity contribution >= 4 is 5.97 Å². The maximum atomic E-state index is 10.9. The molecule has 0 bridgehead atoms. The lowest BCUT2D eigenvalue weighted by molar-refractivity contribution is -0.180. The van der Waals surface area contributed by atoms with Crippen molar-refractivity contribution in [1.29, 1.82) is 0 Å². The van der Waals surface area contributed by atoms with Crippen molar-refractivity contribution < 1.29 is 19.4 Å². The Labute approximate surface area is 71.5 Å². The molecule has 0 spiro atoms. The highest BCUT2D eigenvalue weighted by Crippen LogP contribution is 2.25. The highest BCUT2D eigenvalue weighted by Gasteiger charge is 2.41. The molecule has 4 nitrogen and oxygen atoms in total. The standard InChI is InChI=1S/C8H14O4/c1-11-6-8(7(9)10)4-2-3-5-12-8/h2-6H2,1H3,(H,9,10). The van der Waals surface area contributed by atoms with Crippen LogP contribution in [0.2, 0.25) is 0 Å². The van der Waals surface area contributed by atoms with Crippen molar-refractivity contribution in [2.45, 2.75) is 24.9 Å². The molecule has 0 aromatic heterocycles. The molecule has 0 amide bonds. The summed E-state index contributed by atoms with van der Waals surface area (Å²) in [5.41, 5.74) is -1.08. The van der Waals surface area contributed by atoms with E-state index in [2.05, 4.69) is 0 Å². The van der Waals surface area contributed by atoms with Crippen molar-refractivity contribution in [1.82, 2.24) is 0 Å². The molecular formula is C8H14O4. The van der Waals surface area contributed by atoms with Gasteiger partial charge in [0, 0.05) is 13.7 Å². The third kappa shape index (κ3) is 1.76. The first-order valence-corrected chi connectivity index (χ1v) is 4.07. The smallest absolute Gasteiger partial charge is 0.338 e. The Bertz CT molecular complexity index is 155. The molecule has 1 heterocycles. The molecule has 1 fully saturated rings. The maximum Gasteiger partial charge on any atom is 0.338 e. The number of rotatable bonds is 3. The quantitative estimate of drug-likeness (QED) is 0.682. The molecule has 0 saturated carbocycles. The monoisotopic (exact) mass is 174 g/mol. The maximum absolute atomic E-state index is 10.9. The molecule has 1 unspecified atom stereocenters. The van der Waals surface area contributed by atoms with Crippen LogP contribution in [0.5, 0.6) is 0 Å². The van der Waals surface area contributed by atoms with E-state index in [-0.39, 0.29) is 6.61 Å². The number of hydrogen-bond acceptors (Lipinski definition) is 3. The number of carboxylic acid groups (broad SMARTS) is 1. The molecule has 12 heavy (non-hydrogen) atoms. The molecule has 70 valence electrons. The molecule has 1 N–H and O–H groups in total. The summed E-state index contributed by atoms with van der Waals surface area (Å²) >= 11 is 0. The van der Waals surface area contributed by atoms with Crippen LogP contribution < -0.4 is 0 Å². The molecule has 4 heteroatoms. The highest BCUT2D eigenvalue weighted by atomic mass is 16.6. The van der Waals surface area contributed by atoms with Gasteiger partial charge in [-0.25, -0.2) is 4.79 Å². The zero-order valence-electron chi connectivity index (χ0n) is 7.21. The van der Waals surface area contributed by atoms with Gasteiger partial charge < -0.3 is 14.6 Å². The Balaban J connectivity index is 2.63. The molecule has 0 aromatic carbocycles. The van der Waals surface area contributed by atoms with Crippen LogP contribution in [0, 0.1) is 0 Å². The van der Waals surface area contributed by atoms with E-state index in [0.29, 0.717) is 13.0 Å². The summed E-state index contributed by atoms with van der Waals surface area (Å²) in [5.74, 6) is -0.913. The summed E-state index contributed by atoms with van der Waals surface area (Å²) in [6, 6.07) is 0. The fourth-order valence-electron chi connectivity index (χ4n) is 1.43. The Hall–Kier alpha value is -0.610. The summed E-state index contributed by atoms with van der Waals surface area (Å²) in [5, 5.41) is 8.91. The van der Waals surface area contributed by atoms with Gasteiger partial charge in [0.2, 0.25) is 0 Å². The Morgan fingerprint density at radius 2 is 2.42 bits per heavy atom. The topological polar surface area (TPSA) is 55.8 Å². The third-order valence-corrected chi connectivity index (χ3v) is 2.12. The molecule has 1 atom stereocenters. The number of methoxy groups -OCH3 is 1. The van der Waals surface area contributed by atoms with E-state index in [0.717, 1.165) is 12.8 Å². The zero-order chi connectivity index (χ0) is 9.03. The van der Waals surface area contributed by atoms with Gasteiger partial charge in [-0.1, -0.05) is 0 Å². The van der Waals surface area contributed by atoms with Gasteiger partial charge in [0.15, 0.2) is 5.60 Å². The van der Waals surface area contributed by atoms with Crippen LogP contribution in [0.25, 0.3) is 0 Å². The van der Waals surface area contributed by atoms with E-state index in [1.165, 1.54) is 7.11 Å². The largest absolute Gasteiger partial charge is 0.479 e. The highest BCUT2D eigenvalue weighted by molar-refractivity contribution is 5.77. The average Bonchev–Trinajstić information content (AvgIpc) is 2.06. The first-order chi connectivity index (χ1) is 5.71. The molecule has 1 aliphatic heterocycles. The summed E-state index contributed by atoms with van der Waals surface area (Å²) in [7, 11) is 1.49. The molecule has 0 aromatic rings. The normalized spacial score (nSPS) is 30.1. The number of ether oxygens (including phenoxy) is 2. The predicted molar refractivity (Wildman–Crippen MR) is 42.0 cm³/mol. The minimum Gasteiger partial charge on any atom is -0.479 e. The molecule has 0 radical (unpaired) electrons. The van der Waals surface area contributed by atoms with Crippen LogP contribution in [0.15, 0.2) is 0 Å². The number of aliphatic carboxylic acids is 1. The van der Waals surface area contributed by atoms with Gasteiger partial charge in [-0.2, -0.15) is 0 Å². The minimum absolute atomic E-state index is 0.141. The summed E-state index contributed by atoms with van der Waals surface area (Å²) in [4.78, 5) is 10.9. The third-order valence-electron chi connectivity index (χ3n) is 2.12. The van der Waals surface area contributed by atoms with Crippen LogP contribution in [0.4, 0.5) is 0 Å². The van der Waals surface area contributed by atoms with E-state index in [4.69, 9.17) is 14.6 Å². The predicted octanol–water partition coefficient (Wildman–Crippen LogP) is 0.657. The van der Waals surface area contributed by atoms with Crippen molar-refractivity contribution in [2.75, 3.05) is 20.3 Å². The molecular weight excluding hydrogens is 160 g/mol. The van der Waals surface area contributed by atoms with Gasteiger partial charge >= 0.3 is 5.97 Å². The second-order valence-corrected chi connectivity index (χ2v) is 3.04. The molecule has 1 rings (SSSR count). The van der Waals surface area contributed by atoms with E-state index in [1.54, 1.807) is 0 Å². The number of carboxylic acids is 1. The molecule has 1 saturated heterocycles. The van der Waals surface area contributed by atoms with Crippen molar-refractivity contribution in [3.63, 3.8) is 0 Å². The van der Waals surface area contributed by atoms with Gasteiger partial charge in [0.25, 0.3) is 0 Å². The van der Waals surface area contributed by atoms with Crippen molar-refractivity contribution in [3.05, 3.63) is 0 Å². The summed E-state index contributed by atoms with van der Waals surface area (Å²) < 4.78 is 10.1. The zero-order valence-corrected chi connectivity index (χ0v) is 7.21. The second-order valence-electron chi connectivity index (χ2n) is 3.04. The molecule has 1 aliphatic rings. The second kappa shape index (κ2) is 3.87. The van der Waals surface area contributed by atoms with Gasteiger partial charge in [0.05, 0.1) is 6.61 Å². The Morgan fingerprint density at radius 1 is 1.67 bits per heavy atom. The van der Waals surface area contributed by atoms with E-state index >= 15 is 0 Å². The average molecular weight is 174 g/mol. The van der Waals surface area contributed by atoms with Crippen LogP contribution >= 0.6 is 0 Å². The first kappa shape index (κ1) is 9.48. The SMILES string of the molecule is COCC1(C(=O)O)CCCCO1. The fraction of sp³-hybridized carbons (Fsp3) is 0.875. The van der Waals surface area contributed by atoms with Gasteiger partial charge in [-0.3, -0.25) is 0 Å². The van der Waals surface area contributed by atoms with Crippen LogP contribution in [0.1, 0.15) is 19.3 Å². The van der Waals surface area contributed by atoms with Crippen LogP contribution in [-0.2, 0) is 14.3 Å². The van der Waals surface area contributed by atoms with E-state index in [9.17, 15) is 4.79 Å². The lowest BCUT2D eigenvalue weighted by atomic mass is 9.95. The first-order valence-electron chi connectivity index (χ1n) is 4.07. The van der Waals surface area contributed by atoms with Crippen LogP contribution in [-0.4, -0.2) is 37.0 Å². The van der Waals surface area contributed by atoms with Crippen molar-refractivity contribution in [2.24, 2.45) is 0 Å². The van der Waals surface area contributed by atoms with Crippen LogP contribution in [0.3, 0.4) is 0 Å².